The van der Waals surface area contributed by atoms with Crippen LogP contribution in [0.25, 0.3) is 0 Å². The van der Waals surface area contributed by atoms with E-state index < -0.39 is 11.6 Å². The first-order valence-corrected chi connectivity index (χ1v) is 8.94. The van der Waals surface area contributed by atoms with Crippen molar-refractivity contribution in [3.8, 4) is 0 Å². The van der Waals surface area contributed by atoms with Gasteiger partial charge in [-0.2, -0.15) is 5.10 Å². The van der Waals surface area contributed by atoms with Crippen molar-refractivity contribution in [2.75, 3.05) is 25.0 Å². The Morgan fingerprint density at radius 3 is 2.89 bits per heavy atom. The van der Waals surface area contributed by atoms with Crippen LogP contribution in [0.4, 0.5) is 19.4 Å². The molecule has 2 heterocycles. The van der Waals surface area contributed by atoms with Gasteiger partial charge in [-0.3, -0.25) is 0 Å². The highest BCUT2D eigenvalue weighted by atomic mass is 19.2. The topological polar surface area (TPSA) is 61.4 Å². The zero-order valence-electron chi connectivity index (χ0n) is 15.5. The van der Waals surface area contributed by atoms with E-state index in [0.29, 0.717) is 6.54 Å². The van der Waals surface area contributed by atoms with E-state index in [2.05, 4.69) is 20.4 Å². The monoisotopic (exact) mass is 375 g/mol. The number of benzene rings is 1. The van der Waals surface area contributed by atoms with Crippen LogP contribution < -0.4 is 10.2 Å². The third-order valence-electron chi connectivity index (χ3n) is 4.93. The SMILES string of the molecule is Cc1ccc(CNC(=O)N(C)[C@@H]2CCCN(c3cccnn3)C2)c(F)c1F. The fourth-order valence-electron chi connectivity index (χ4n) is 3.22. The van der Waals surface area contributed by atoms with Gasteiger partial charge in [0.15, 0.2) is 17.5 Å². The first-order chi connectivity index (χ1) is 13.0. The molecule has 0 aliphatic carbocycles. The summed E-state index contributed by atoms with van der Waals surface area (Å²) in [6, 6.07) is 6.40. The average Bonchev–Trinajstić information content (AvgIpc) is 2.71. The van der Waals surface area contributed by atoms with E-state index >= 15 is 0 Å². The zero-order chi connectivity index (χ0) is 19.4. The van der Waals surface area contributed by atoms with Crippen LogP contribution in [-0.4, -0.2) is 47.3 Å². The summed E-state index contributed by atoms with van der Waals surface area (Å²) in [4.78, 5) is 16.2. The number of rotatable bonds is 4. The molecular formula is C19H23F2N5O. The fourth-order valence-corrected chi connectivity index (χ4v) is 3.22. The molecule has 1 aromatic carbocycles. The van der Waals surface area contributed by atoms with Gasteiger partial charge in [0.25, 0.3) is 0 Å². The zero-order valence-corrected chi connectivity index (χ0v) is 15.5. The number of amides is 2. The maximum Gasteiger partial charge on any atom is 0.317 e. The van der Waals surface area contributed by atoms with E-state index in [-0.39, 0.29) is 29.7 Å². The van der Waals surface area contributed by atoms with Gasteiger partial charge in [-0.05, 0) is 37.5 Å². The van der Waals surface area contributed by atoms with Gasteiger partial charge in [-0.1, -0.05) is 12.1 Å². The number of hydrogen-bond acceptors (Lipinski definition) is 4. The molecule has 1 aliphatic rings. The minimum atomic E-state index is -0.913. The second kappa shape index (κ2) is 8.28. The Morgan fingerprint density at radius 1 is 1.33 bits per heavy atom. The van der Waals surface area contributed by atoms with E-state index in [1.165, 1.54) is 19.1 Å². The Balaban J connectivity index is 1.59. The smallest absolute Gasteiger partial charge is 0.317 e. The van der Waals surface area contributed by atoms with E-state index in [1.54, 1.807) is 18.1 Å². The third-order valence-corrected chi connectivity index (χ3v) is 4.93. The predicted octanol–water partition coefficient (Wildman–Crippen LogP) is 2.87. The Bertz CT molecular complexity index is 802. The first kappa shape index (κ1) is 19.0. The van der Waals surface area contributed by atoms with Crippen LogP contribution in [-0.2, 0) is 6.54 Å². The Labute approximate surface area is 157 Å². The van der Waals surface area contributed by atoms with E-state index in [1.807, 2.05) is 12.1 Å². The quantitative estimate of drug-likeness (QED) is 0.893. The lowest BCUT2D eigenvalue weighted by Crippen LogP contribution is -2.51. The maximum absolute atomic E-state index is 13.9. The highest BCUT2D eigenvalue weighted by molar-refractivity contribution is 5.74. The normalized spacial score (nSPS) is 16.9. The molecule has 0 saturated carbocycles. The minimum Gasteiger partial charge on any atom is -0.353 e. The maximum atomic E-state index is 13.9. The van der Waals surface area contributed by atoms with Crippen molar-refractivity contribution in [2.24, 2.45) is 0 Å². The molecule has 0 bridgehead atoms. The van der Waals surface area contributed by atoms with Crippen LogP contribution >= 0.6 is 0 Å². The standard InChI is InChI=1S/C19H23F2N5O/c1-13-7-8-14(18(21)17(13)20)11-22-19(27)25(2)15-5-4-10-26(12-15)16-6-3-9-23-24-16/h3,6-9,15H,4-5,10-12H2,1-2H3,(H,22,27)/t15-/m1/s1. The largest absolute Gasteiger partial charge is 0.353 e. The van der Waals surface area contributed by atoms with Crippen LogP contribution in [0.15, 0.2) is 30.5 Å². The van der Waals surface area contributed by atoms with Crippen LogP contribution in [0.3, 0.4) is 0 Å². The minimum absolute atomic E-state index is 0.000331. The molecule has 1 atom stereocenters. The summed E-state index contributed by atoms with van der Waals surface area (Å²) in [6.45, 7) is 2.95. The molecule has 1 N–H and O–H groups in total. The number of nitrogens with zero attached hydrogens (tertiary/aromatic N) is 4. The van der Waals surface area contributed by atoms with Gasteiger partial charge in [-0.15, -0.1) is 5.10 Å². The molecule has 3 rings (SSSR count). The highest BCUT2D eigenvalue weighted by Crippen LogP contribution is 2.20. The molecule has 8 heteroatoms. The van der Waals surface area contributed by atoms with Gasteiger partial charge < -0.3 is 15.1 Å². The van der Waals surface area contributed by atoms with Crippen molar-refractivity contribution in [3.05, 3.63) is 53.2 Å². The molecule has 0 unspecified atom stereocenters. The summed E-state index contributed by atoms with van der Waals surface area (Å²) >= 11 is 0. The van der Waals surface area contributed by atoms with E-state index in [0.717, 1.165) is 25.2 Å². The summed E-state index contributed by atoms with van der Waals surface area (Å²) in [6.07, 6.45) is 3.42. The second-order valence-electron chi connectivity index (χ2n) is 6.76. The second-order valence-corrected chi connectivity index (χ2v) is 6.76. The number of hydrogen-bond donors (Lipinski definition) is 1. The number of carbonyl (C=O) groups excluding carboxylic acids is 1. The number of carbonyl (C=O) groups is 1. The van der Waals surface area contributed by atoms with Gasteiger partial charge in [0.05, 0.1) is 6.04 Å². The first-order valence-electron chi connectivity index (χ1n) is 8.94. The molecule has 1 aromatic heterocycles. The summed E-state index contributed by atoms with van der Waals surface area (Å²) in [5.41, 5.74) is 0.371. The van der Waals surface area contributed by atoms with Gasteiger partial charge in [0.2, 0.25) is 0 Å². The number of anilines is 1. The molecule has 144 valence electrons. The summed E-state index contributed by atoms with van der Waals surface area (Å²) in [5, 5.41) is 10.7. The third kappa shape index (κ3) is 4.32. The number of urea groups is 1. The van der Waals surface area contributed by atoms with Gasteiger partial charge in [-0.25, -0.2) is 13.6 Å². The molecule has 1 saturated heterocycles. The van der Waals surface area contributed by atoms with Crippen molar-refractivity contribution >= 4 is 11.8 Å². The van der Waals surface area contributed by atoms with Crippen molar-refractivity contribution in [3.63, 3.8) is 0 Å². The number of nitrogens with one attached hydrogen (secondary N) is 1. The molecule has 2 amide bonds. The van der Waals surface area contributed by atoms with E-state index in [9.17, 15) is 13.6 Å². The molecule has 1 aliphatic heterocycles. The van der Waals surface area contributed by atoms with Crippen molar-refractivity contribution < 1.29 is 13.6 Å². The van der Waals surface area contributed by atoms with E-state index in [4.69, 9.17) is 0 Å². The lowest BCUT2D eigenvalue weighted by molar-refractivity contribution is 0.182. The summed E-state index contributed by atoms with van der Waals surface area (Å²) in [7, 11) is 1.71. The molecule has 0 radical (unpaired) electrons. The lowest BCUT2D eigenvalue weighted by atomic mass is 10.0. The number of likely N-dealkylation sites (N-methyl/N-ethyl adjacent to an activating group) is 1. The number of halogens is 2. The molecular weight excluding hydrogens is 352 g/mol. The Morgan fingerprint density at radius 2 is 2.15 bits per heavy atom. The summed E-state index contributed by atoms with van der Waals surface area (Å²) < 4.78 is 27.6. The van der Waals surface area contributed by atoms with Crippen molar-refractivity contribution in [1.29, 1.82) is 0 Å². The highest BCUT2D eigenvalue weighted by Gasteiger charge is 2.27. The van der Waals surface area contributed by atoms with Crippen LogP contribution in [0.5, 0.6) is 0 Å². The van der Waals surface area contributed by atoms with Crippen LogP contribution in [0.2, 0.25) is 0 Å². The molecule has 6 nitrogen and oxygen atoms in total. The van der Waals surface area contributed by atoms with Crippen LogP contribution in [0.1, 0.15) is 24.0 Å². The average molecular weight is 375 g/mol. The van der Waals surface area contributed by atoms with Gasteiger partial charge in [0, 0.05) is 38.4 Å². The molecule has 27 heavy (non-hydrogen) atoms. The van der Waals surface area contributed by atoms with Gasteiger partial charge >= 0.3 is 6.03 Å². The Hall–Kier alpha value is -2.77. The molecule has 2 aromatic rings. The lowest BCUT2D eigenvalue weighted by Gasteiger charge is -2.37. The number of aromatic nitrogens is 2. The number of piperidine rings is 1. The van der Waals surface area contributed by atoms with Crippen LogP contribution in [0, 0.1) is 18.6 Å². The van der Waals surface area contributed by atoms with Crippen molar-refractivity contribution in [2.45, 2.75) is 32.4 Å². The summed E-state index contributed by atoms with van der Waals surface area (Å²) in [5.74, 6) is -1.00. The molecule has 1 fully saturated rings. The fraction of sp³-hybridized carbons (Fsp3) is 0.421. The molecule has 0 spiro atoms. The Kier molecular flexibility index (Phi) is 5.83. The number of aryl methyl sites for hydroxylation is 1. The van der Waals surface area contributed by atoms with Crippen molar-refractivity contribution in [1.82, 2.24) is 20.4 Å². The van der Waals surface area contributed by atoms with Gasteiger partial charge in [0.1, 0.15) is 0 Å². The predicted molar refractivity (Wildman–Crippen MR) is 98.4 cm³/mol.